The molecule has 122 valence electrons. The van der Waals surface area contributed by atoms with E-state index >= 15 is 0 Å². The second-order valence-electron chi connectivity index (χ2n) is 5.58. The highest BCUT2D eigenvalue weighted by Gasteiger charge is 2.09. The smallest absolute Gasteiger partial charge is 0.256 e. The van der Waals surface area contributed by atoms with E-state index in [-0.39, 0.29) is 5.91 Å². The molecule has 2 rings (SSSR count). The number of nitrogens with one attached hydrogen (secondary N) is 1. The van der Waals surface area contributed by atoms with Crippen LogP contribution in [0.1, 0.15) is 42.6 Å². The summed E-state index contributed by atoms with van der Waals surface area (Å²) in [7, 11) is 0. The molecule has 0 spiro atoms. The van der Waals surface area contributed by atoms with Crippen LogP contribution < -0.4 is 10.2 Å². The molecule has 0 aliphatic rings. The highest BCUT2D eigenvalue weighted by Crippen LogP contribution is 2.13. The molecular formula is C18H24N4O. The van der Waals surface area contributed by atoms with E-state index in [2.05, 4.69) is 34.3 Å². The Morgan fingerprint density at radius 1 is 1.00 bits per heavy atom. The Morgan fingerprint density at radius 3 is 2.17 bits per heavy atom. The summed E-state index contributed by atoms with van der Waals surface area (Å²) in [4.78, 5) is 14.4. The number of amides is 1. The average Bonchev–Trinajstić information content (AvgIpc) is 2.56. The van der Waals surface area contributed by atoms with E-state index in [1.165, 1.54) is 0 Å². The van der Waals surface area contributed by atoms with Gasteiger partial charge >= 0.3 is 0 Å². The van der Waals surface area contributed by atoms with E-state index < -0.39 is 0 Å². The van der Waals surface area contributed by atoms with Gasteiger partial charge in [0.25, 0.3) is 5.91 Å². The van der Waals surface area contributed by atoms with Crippen LogP contribution in [0.15, 0.2) is 36.4 Å². The first kappa shape index (κ1) is 16.9. The van der Waals surface area contributed by atoms with Gasteiger partial charge in [-0.1, -0.05) is 31.5 Å². The van der Waals surface area contributed by atoms with Crippen molar-refractivity contribution < 1.29 is 4.79 Å². The van der Waals surface area contributed by atoms with Crippen molar-refractivity contribution in [1.29, 1.82) is 0 Å². The number of hydrogen-bond donors (Lipinski definition) is 1. The molecule has 5 heteroatoms. The van der Waals surface area contributed by atoms with E-state index in [1.54, 1.807) is 18.2 Å². The Bertz CT molecular complexity index is 616. The van der Waals surface area contributed by atoms with Crippen molar-refractivity contribution in [2.45, 2.75) is 33.6 Å². The predicted octanol–water partition coefficient (Wildman–Crippen LogP) is 3.66. The maximum Gasteiger partial charge on any atom is 0.256 e. The number of aromatic nitrogens is 2. The fourth-order valence-corrected chi connectivity index (χ4v) is 2.33. The molecule has 1 N–H and O–H groups in total. The Kier molecular flexibility index (Phi) is 6.09. The molecular weight excluding hydrogens is 288 g/mol. The summed E-state index contributed by atoms with van der Waals surface area (Å²) < 4.78 is 0. The molecule has 0 aliphatic heterocycles. The molecule has 0 aliphatic carbocycles. The lowest BCUT2D eigenvalue weighted by Gasteiger charge is -2.21. The second-order valence-corrected chi connectivity index (χ2v) is 5.58. The summed E-state index contributed by atoms with van der Waals surface area (Å²) >= 11 is 0. The number of anilines is 2. The molecule has 0 radical (unpaired) electrons. The lowest BCUT2D eigenvalue weighted by Crippen LogP contribution is -2.26. The van der Waals surface area contributed by atoms with Crippen LogP contribution in [0, 0.1) is 6.92 Å². The average molecular weight is 312 g/mol. The largest absolute Gasteiger partial charge is 0.355 e. The van der Waals surface area contributed by atoms with E-state index in [0.29, 0.717) is 11.4 Å². The van der Waals surface area contributed by atoms with Crippen molar-refractivity contribution in [3.8, 4) is 0 Å². The van der Waals surface area contributed by atoms with Crippen LogP contribution in [0.5, 0.6) is 0 Å². The van der Waals surface area contributed by atoms with Gasteiger partial charge in [0.2, 0.25) is 0 Å². The highest BCUT2D eigenvalue weighted by molar-refractivity contribution is 6.03. The van der Waals surface area contributed by atoms with Gasteiger partial charge in [0, 0.05) is 18.7 Å². The van der Waals surface area contributed by atoms with Gasteiger partial charge in [0.1, 0.15) is 0 Å². The van der Waals surface area contributed by atoms with Crippen LogP contribution in [0.2, 0.25) is 0 Å². The van der Waals surface area contributed by atoms with E-state index in [9.17, 15) is 4.79 Å². The number of hydrogen-bond acceptors (Lipinski definition) is 4. The SMILES string of the molecule is CCCN(CCC)c1ccc(NC(=O)c2ccc(C)cc2)nn1. The molecule has 0 fully saturated rings. The fourth-order valence-electron chi connectivity index (χ4n) is 2.33. The second kappa shape index (κ2) is 8.27. The standard InChI is InChI=1S/C18H24N4O/c1-4-12-22(13-5-2)17-11-10-16(20-21-17)19-18(23)15-8-6-14(3)7-9-15/h6-11H,4-5,12-13H2,1-3H3,(H,19,20,23). The van der Waals surface area contributed by atoms with Crippen molar-refractivity contribution in [3.05, 3.63) is 47.5 Å². The molecule has 0 unspecified atom stereocenters. The monoisotopic (exact) mass is 312 g/mol. The molecule has 2 aromatic rings. The zero-order chi connectivity index (χ0) is 16.7. The molecule has 0 saturated carbocycles. The molecule has 1 amide bonds. The van der Waals surface area contributed by atoms with Gasteiger partial charge in [0.05, 0.1) is 0 Å². The number of nitrogens with zero attached hydrogens (tertiary/aromatic N) is 3. The summed E-state index contributed by atoms with van der Waals surface area (Å²) in [5, 5.41) is 11.1. The predicted molar refractivity (Wildman–Crippen MR) is 94.0 cm³/mol. The van der Waals surface area contributed by atoms with Gasteiger partial charge in [-0.3, -0.25) is 4.79 Å². The normalized spacial score (nSPS) is 10.4. The van der Waals surface area contributed by atoms with Gasteiger partial charge in [-0.2, -0.15) is 0 Å². The first-order chi connectivity index (χ1) is 11.1. The third kappa shape index (κ3) is 4.77. The van der Waals surface area contributed by atoms with E-state index in [0.717, 1.165) is 37.3 Å². The Balaban J connectivity index is 2.04. The molecule has 5 nitrogen and oxygen atoms in total. The topological polar surface area (TPSA) is 58.1 Å². The molecule has 0 saturated heterocycles. The number of carbonyl (C=O) groups is 1. The van der Waals surface area contributed by atoms with Crippen molar-refractivity contribution in [1.82, 2.24) is 10.2 Å². The van der Waals surface area contributed by atoms with Crippen LogP contribution in [0.3, 0.4) is 0 Å². The molecule has 0 atom stereocenters. The van der Waals surface area contributed by atoms with Crippen molar-refractivity contribution in [2.24, 2.45) is 0 Å². The van der Waals surface area contributed by atoms with Gasteiger partial charge in [-0.15, -0.1) is 10.2 Å². The zero-order valence-corrected chi connectivity index (χ0v) is 14.0. The van der Waals surface area contributed by atoms with Gasteiger partial charge in [0.15, 0.2) is 11.6 Å². The lowest BCUT2D eigenvalue weighted by molar-refractivity contribution is 0.102. The van der Waals surface area contributed by atoms with Gasteiger partial charge < -0.3 is 10.2 Å². The molecule has 1 aromatic carbocycles. The summed E-state index contributed by atoms with van der Waals surface area (Å²) in [6.45, 7) is 8.19. The third-order valence-electron chi connectivity index (χ3n) is 3.52. The maximum absolute atomic E-state index is 12.2. The lowest BCUT2D eigenvalue weighted by atomic mass is 10.1. The van der Waals surface area contributed by atoms with Crippen LogP contribution in [0.25, 0.3) is 0 Å². The third-order valence-corrected chi connectivity index (χ3v) is 3.52. The number of aryl methyl sites for hydroxylation is 1. The molecule has 23 heavy (non-hydrogen) atoms. The Morgan fingerprint density at radius 2 is 1.65 bits per heavy atom. The van der Waals surface area contributed by atoms with Crippen LogP contribution >= 0.6 is 0 Å². The minimum absolute atomic E-state index is 0.175. The molecule has 1 aromatic heterocycles. The highest BCUT2D eigenvalue weighted by atomic mass is 16.1. The number of rotatable bonds is 7. The first-order valence-corrected chi connectivity index (χ1v) is 8.10. The van der Waals surface area contributed by atoms with Crippen molar-refractivity contribution in [2.75, 3.05) is 23.3 Å². The first-order valence-electron chi connectivity index (χ1n) is 8.10. The Labute approximate surface area is 137 Å². The van der Waals surface area contributed by atoms with Crippen LogP contribution in [-0.4, -0.2) is 29.2 Å². The minimum Gasteiger partial charge on any atom is -0.355 e. The summed E-state index contributed by atoms with van der Waals surface area (Å²) in [6, 6.07) is 11.1. The van der Waals surface area contributed by atoms with Gasteiger partial charge in [-0.05, 0) is 44.0 Å². The fraction of sp³-hybridized carbons (Fsp3) is 0.389. The quantitative estimate of drug-likeness (QED) is 0.847. The van der Waals surface area contributed by atoms with E-state index in [1.807, 2.05) is 25.1 Å². The molecule has 0 bridgehead atoms. The van der Waals surface area contributed by atoms with Crippen molar-refractivity contribution in [3.63, 3.8) is 0 Å². The number of carbonyl (C=O) groups excluding carboxylic acids is 1. The summed E-state index contributed by atoms with van der Waals surface area (Å²) in [6.07, 6.45) is 2.13. The van der Waals surface area contributed by atoms with Crippen LogP contribution in [0.4, 0.5) is 11.6 Å². The van der Waals surface area contributed by atoms with E-state index in [4.69, 9.17) is 0 Å². The van der Waals surface area contributed by atoms with Crippen molar-refractivity contribution >= 4 is 17.5 Å². The molecule has 1 heterocycles. The number of benzene rings is 1. The zero-order valence-electron chi connectivity index (χ0n) is 14.0. The minimum atomic E-state index is -0.175. The van der Waals surface area contributed by atoms with Gasteiger partial charge in [-0.25, -0.2) is 0 Å². The van der Waals surface area contributed by atoms with Crippen LogP contribution in [-0.2, 0) is 0 Å². The maximum atomic E-state index is 12.2. The summed E-state index contributed by atoms with van der Waals surface area (Å²) in [5.41, 5.74) is 1.73. The summed E-state index contributed by atoms with van der Waals surface area (Å²) in [5.74, 6) is 1.14. The Hall–Kier alpha value is -2.43.